The van der Waals surface area contributed by atoms with Crippen molar-refractivity contribution in [2.45, 2.75) is 18.9 Å². The fraction of sp³-hybridized carbons (Fsp3) is 0.364. The maximum absolute atomic E-state index is 11.7. The number of allylic oxidation sites excluding steroid dienone is 1. The summed E-state index contributed by atoms with van der Waals surface area (Å²) in [6, 6.07) is 3.65. The van der Waals surface area contributed by atoms with Crippen molar-refractivity contribution in [3.63, 3.8) is 0 Å². The molecule has 0 aliphatic heterocycles. The second-order valence-corrected chi connectivity index (χ2v) is 3.61. The van der Waals surface area contributed by atoms with Gasteiger partial charge in [-0.3, -0.25) is 4.79 Å². The van der Waals surface area contributed by atoms with E-state index in [4.69, 9.17) is 10.2 Å². The number of hydrogen-bond acceptors (Lipinski definition) is 3. The van der Waals surface area contributed by atoms with Gasteiger partial charge < -0.3 is 10.2 Å². The topological polar surface area (TPSA) is 56.2 Å². The van der Waals surface area contributed by atoms with Gasteiger partial charge in [0.1, 0.15) is 11.5 Å². The van der Waals surface area contributed by atoms with Crippen molar-refractivity contribution in [3.8, 4) is 0 Å². The fourth-order valence-corrected chi connectivity index (χ4v) is 1.68. The minimum absolute atomic E-state index is 0.0184. The average Bonchev–Trinajstić information content (AvgIpc) is 2.75. The predicted octanol–water partition coefficient (Wildman–Crippen LogP) is 1.29. The van der Waals surface area contributed by atoms with Crippen LogP contribution in [0.15, 0.2) is 35.0 Å². The standard InChI is InChI=1S/C11H13NO2/c12-9-4-3-8(6-9)11(13)7-10-2-1-5-14-10/h1-5,8-9H,6-7,12H2. The zero-order chi connectivity index (χ0) is 9.97. The Labute approximate surface area is 82.6 Å². The molecule has 1 aromatic heterocycles. The van der Waals surface area contributed by atoms with Crippen LogP contribution in [0.4, 0.5) is 0 Å². The summed E-state index contributed by atoms with van der Waals surface area (Å²) in [6.07, 6.45) is 6.48. The molecular weight excluding hydrogens is 178 g/mol. The predicted molar refractivity (Wildman–Crippen MR) is 52.6 cm³/mol. The lowest BCUT2D eigenvalue weighted by Crippen LogP contribution is -2.20. The third-order valence-electron chi connectivity index (χ3n) is 2.46. The number of ketones is 1. The molecule has 3 heteroatoms. The Hall–Kier alpha value is -1.35. The Morgan fingerprint density at radius 3 is 3.00 bits per heavy atom. The molecular formula is C11H13NO2. The molecule has 1 aliphatic rings. The first kappa shape index (κ1) is 9.21. The molecule has 0 fully saturated rings. The summed E-state index contributed by atoms with van der Waals surface area (Å²) in [5.74, 6) is 0.892. The first-order chi connectivity index (χ1) is 6.75. The van der Waals surface area contributed by atoms with E-state index in [0.717, 1.165) is 12.2 Å². The number of carbonyl (C=O) groups is 1. The molecule has 2 unspecified atom stereocenters. The first-order valence-corrected chi connectivity index (χ1v) is 4.74. The highest BCUT2D eigenvalue weighted by Crippen LogP contribution is 2.19. The molecule has 0 amide bonds. The molecule has 74 valence electrons. The van der Waals surface area contributed by atoms with Crippen LogP contribution in [-0.4, -0.2) is 11.8 Å². The van der Waals surface area contributed by atoms with Gasteiger partial charge in [-0.15, -0.1) is 0 Å². The van der Waals surface area contributed by atoms with Crippen LogP contribution < -0.4 is 5.73 Å². The summed E-state index contributed by atoms with van der Waals surface area (Å²) in [4.78, 5) is 11.7. The number of rotatable bonds is 3. The van der Waals surface area contributed by atoms with Gasteiger partial charge >= 0.3 is 0 Å². The van der Waals surface area contributed by atoms with E-state index >= 15 is 0 Å². The third-order valence-corrected chi connectivity index (χ3v) is 2.46. The lowest BCUT2D eigenvalue weighted by Gasteiger charge is -2.06. The van der Waals surface area contributed by atoms with Crippen LogP contribution in [0.3, 0.4) is 0 Å². The first-order valence-electron chi connectivity index (χ1n) is 4.74. The lowest BCUT2D eigenvalue weighted by molar-refractivity contribution is -0.121. The molecule has 2 rings (SSSR count). The van der Waals surface area contributed by atoms with Crippen LogP contribution in [0.25, 0.3) is 0 Å². The zero-order valence-electron chi connectivity index (χ0n) is 7.85. The van der Waals surface area contributed by atoms with E-state index in [-0.39, 0.29) is 17.7 Å². The highest BCUT2D eigenvalue weighted by atomic mass is 16.3. The van der Waals surface area contributed by atoms with Crippen molar-refractivity contribution < 1.29 is 9.21 Å². The average molecular weight is 191 g/mol. The van der Waals surface area contributed by atoms with Crippen LogP contribution in [0, 0.1) is 5.92 Å². The van der Waals surface area contributed by atoms with Gasteiger partial charge in [0, 0.05) is 12.0 Å². The highest BCUT2D eigenvalue weighted by molar-refractivity contribution is 5.84. The molecule has 14 heavy (non-hydrogen) atoms. The maximum Gasteiger partial charge on any atom is 0.147 e. The molecule has 1 heterocycles. The summed E-state index contributed by atoms with van der Waals surface area (Å²) >= 11 is 0. The van der Waals surface area contributed by atoms with E-state index in [1.54, 1.807) is 12.3 Å². The van der Waals surface area contributed by atoms with E-state index in [2.05, 4.69) is 0 Å². The molecule has 1 aliphatic carbocycles. The highest BCUT2D eigenvalue weighted by Gasteiger charge is 2.22. The number of carbonyl (C=O) groups excluding carboxylic acids is 1. The quantitative estimate of drug-likeness (QED) is 0.732. The molecule has 0 bridgehead atoms. The molecule has 1 aromatic rings. The van der Waals surface area contributed by atoms with Crippen LogP contribution in [0.5, 0.6) is 0 Å². The van der Waals surface area contributed by atoms with Gasteiger partial charge in [-0.25, -0.2) is 0 Å². The van der Waals surface area contributed by atoms with Crippen LogP contribution >= 0.6 is 0 Å². The summed E-state index contributed by atoms with van der Waals surface area (Å²) in [5.41, 5.74) is 5.67. The van der Waals surface area contributed by atoms with E-state index in [1.807, 2.05) is 18.2 Å². The van der Waals surface area contributed by atoms with Gasteiger partial charge in [0.15, 0.2) is 0 Å². The van der Waals surface area contributed by atoms with Crippen molar-refractivity contribution >= 4 is 5.78 Å². The third kappa shape index (κ3) is 1.93. The Morgan fingerprint density at radius 2 is 2.43 bits per heavy atom. The molecule has 2 N–H and O–H groups in total. The maximum atomic E-state index is 11.7. The largest absolute Gasteiger partial charge is 0.469 e. The number of Topliss-reactive ketones (excluding diaryl/α,β-unsaturated/α-hetero) is 1. The number of hydrogen-bond donors (Lipinski definition) is 1. The van der Waals surface area contributed by atoms with Gasteiger partial charge in [0.2, 0.25) is 0 Å². The fourth-order valence-electron chi connectivity index (χ4n) is 1.68. The van der Waals surface area contributed by atoms with Crippen LogP contribution in [0.2, 0.25) is 0 Å². The zero-order valence-corrected chi connectivity index (χ0v) is 7.85. The van der Waals surface area contributed by atoms with E-state index in [9.17, 15) is 4.79 Å². The summed E-state index contributed by atoms with van der Waals surface area (Å²) < 4.78 is 5.11. The Bertz CT molecular complexity index is 340. The van der Waals surface area contributed by atoms with Crippen molar-refractivity contribution in [3.05, 3.63) is 36.3 Å². The Kier molecular flexibility index (Phi) is 2.50. The van der Waals surface area contributed by atoms with Gasteiger partial charge in [-0.2, -0.15) is 0 Å². The Balaban J connectivity index is 1.94. The van der Waals surface area contributed by atoms with Gasteiger partial charge in [0.25, 0.3) is 0 Å². The molecule has 0 spiro atoms. The minimum Gasteiger partial charge on any atom is -0.469 e. The van der Waals surface area contributed by atoms with E-state index < -0.39 is 0 Å². The molecule has 0 radical (unpaired) electrons. The van der Waals surface area contributed by atoms with Crippen LogP contribution in [0.1, 0.15) is 12.2 Å². The van der Waals surface area contributed by atoms with Crippen LogP contribution in [-0.2, 0) is 11.2 Å². The summed E-state index contributed by atoms with van der Waals surface area (Å²) in [6.45, 7) is 0. The van der Waals surface area contributed by atoms with Gasteiger partial charge in [0.05, 0.1) is 12.7 Å². The van der Waals surface area contributed by atoms with E-state index in [1.165, 1.54) is 0 Å². The molecule has 2 atom stereocenters. The van der Waals surface area contributed by atoms with Crippen molar-refractivity contribution in [2.24, 2.45) is 11.7 Å². The van der Waals surface area contributed by atoms with Crippen molar-refractivity contribution in [2.75, 3.05) is 0 Å². The summed E-state index contributed by atoms with van der Waals surface area (Å²) in [7, 11) is 0. The van der Waals surface area contributed by atoms with Crippen molar-refractivity contribution in [1.29, 1.82) is 0 Å². The lowest BCUT2D eigenvalue weighted by atomic mass is 9.99. The van der Waals surface area contributed by atoms with Gasteiger partial charge in [-0.1, -0.05) is 12.2 Å². The smallest absolute Gasteiger partial charge is 0.147 e. The number of nitrogens with two attached hydrogens (primary N) is 1. The summed E-state index contributed by atoms with van der Waals surface area (Å²) in [5, 5.41) is 0. The molecule has 0 saturated heterocycles. The second kappa shape index (κ2) is 3.80. The monoisotopic (exact) mass is 191 g/mol. The number of furan rings is 1. The molecule has 0 saturated carbocycles. The molecule has 3 nitrogen and oxygen atoms in total. The normalized spacial score (nSPS) is 25.5. The SMILES string of the molecule is NC1C=CC(C(=O)Cc2ccco2)C1. The van der Waals surface area contributed by atoms with Gasteiger partial charge in [-0.05, 0) is 18.6 Å². The van der Waals surface area contributed by atoms with Crippen molar-refractivity contribution in [1.82, 2.24) is 0 Å². The minimum atomic E-state index is -0.0184. The van der Waals surface area contributed by atoms with E-state index in [0.29, 0.717) is 6.42 Å². The second-order valence-electron chi connectivity index (χ2n) is 3.61. The molecule has 0 aromatic carbocycles. The Morgan fingerprint density at radius 1 is 1.57 bits per heavy atom.